The zero-order chi connectivity index (χ0) is 15.1. The Morgan fingerprint density at radius 1 is 1.10 bits per heavy atom. The highest BCUT2D eigenvalue weighted by Crippen LogP contribution is 2.18. The van der Waals surface area contributed by atoms with Crippen LogP contribution in [0.15, 0.2) is 59.5 Å². The molecule has 0 radical (unpaired) electrons. The van der Waals surface area contributed by atoms with Crippen LogP contribution in [-0.4, -0.2) is 11.7 Å². The van der Waals surface area contributed by atoms with Crippen molar-refractivity contribution in [2.45, 2.75) is 31.2 Å². The molecule has 2 aromatic carbocycles. The maximum atomic E-state index is 12.0. The first-order chi connectivity index (χ1) is 10.1. The molecule has 21 heavy (non-hydrogen) atoms. The summed E-state index contributed by atoms with van der Waals surface area (Å²) in [4.78, 5) is 13.2. The highest BCUT2D eigenvalue weighted by atomic mass is 32.2. The molecule has 2 rings (SSSR count). The molecule has 0 bridgehead atoms. The molecule has 0 aliphatic carbocycles. The van der Waals surface area contributed by atoms with Gasteiger partial charge in [0.1, 0.15) is 0 Å². The van der Waals surface area contributed by atoms with Gasteiger partial charge in [0.2, 0.25) is 5.91 Å². The fraction of sp³-hybridized carbons (Fsp3) is 0.278. The highest BCUT2D eigenvalue weighted by Gasteiger charge is 2.09. The molecular weight excluding hydrogens is 278 g/mol. The summed E-state index contributed by atoms with van der Waals surface area (Å²) < 4.78 is 0. The second-order valence-corrected chi connectivity index (χ2v) is 6.28. The molecule has 110 valence electrons. The van der Waals surface area contributed by atoms with Gasteiger partial charge in [0.05, 0.1) is 6.04 Å². The molecule has 0 aromatic heterocycles. The van der Waals surface area contributed by atoms with Gasteiger partial charge >= 0.3 is 0 Å². The summed E-state index contributed by atoms with van der Waals surface area (Å²) in [6.07, 6.45) is 0.537. The highest BCUT2D eigenvalue weighted by molar-refractivity contribution is 7.99. The molecule has 0 fully saturated rings. The molecular formula is C18H21NOS. The number of carbonyl (C=O) groups is 1. The minimum absolute atomic E-state index is 0.0554. The van der Waals surface area contributed by atoms with E-state index in [-0.39, 0.29) is 11.9 Å². The summed E-state index contributed by atoms with van der Waals surface area (Å²) >= 11 is 1.71. The van der Waals surface area contributed by atoms with Crippen LogP contribution in [0.1, 0.15) is 30.5 Å². The van der Waals surface area contributed by atoms with Crippen LogP contribution in [-0.2, 0) is 4.79 Å². The van der Waals surface area contributed by atoms with E-state index < -0.39 is 0 Å². The summed E-state index contributed by atoms with van der Waals surface area (Å²) in [5.74, 6) is 0.905. The topological polar surface area (TPSA) is 29.1 Å². The van der Waals surface area contributed by atoms with Gasteiger partial charge in [-0.15, -0.1) is 11.8 Å². The van der Waals surface area contributed by atoms with Crippen LogP contribution in [0.2, 0.25) is 0 Å². The number of carbonyl (C=O) groups excluding carboxylic acids is 1. The molecule has 0 aliphatic heterocycles. The van der Waals surface area contributed by atoms with Crippen molar-refractivity contribution in [3.05, 3.63) is 65.7 Å². The van der Waals surface area contributed by atoms with Crippen LogP contribution in [0, 0.1) is 6.92 Å². The lowest BCUT2D eigenvalue weighted by Gasteiger charge is -2.14. The number of rotatable bonds is 6. The van der Waals surface area contributed by atoms with Crippen molar-refractivity contribution in [3.8, 4) is 0 Å². The molecule has 2 aromatic rings. The van der Waals surface area contributed by atoms with E-state index in [4.69, 9.17) is 0 Å². The average molecular weight is 299 g/mol. The van der Waals surface area contributed by atoms with Gasteiger partial charge in [-0.3, -0.25) is 4.79 Å². The van der Waals surface area contributed by atoms with Crippen molar-refractivity contribution in [2.75, 3.05) is 5.75 Å². The summed E-state index contributed by atoms with van der Waals surface area (Å²) in [6, 6.07) is 18.5. The smallest absolute Gasteiger partial charge is 0.221 e. The van der Waals surface area contributed by atoms with Crippen molar-refractivity contribution < 1.29 is 4.79 Å². The Hall–Kier alpha value is -1.74. The van der Waals surface area contributed by atoms with Gasteiger partial charge in [0.25, 0.3) is 0 Å². The molecule has 2 nitrogen and oxygen atoms in total. The second-order valence-electron chi connectivity index (χ2n) is 5.11. The van der Waals surface area contributed by atoms with E-state index in [9.17, 15) is 4.79 Å². The number of hydrogen-bond donors (Lipinski definition) is 1. The number of amides is 1. The van der Waals surface area contributed by atoms with Gasteiger partial charge in [-0.25, -0.2) is 0 Å². The lowest BCUT2D eigenvalue weighted by atomic mass is 10.1. The summed E-state index contributed by atoms with van der Waals surface area (Å²) in [6.45, 7) is 4.08. The standard InChI is InChI=1S/C18H21NOS/c1-14-8-10-16(11-9-14)15(2)19-18(20)12-13-21-17-6-4-3-5-7-17/h3-11,15H,12-13H2,1-2H3,(H,19,20)/t15-/m0/s1. The van der Waals surface area contributed by atoms with E-state index in [0.29, 0.717) is 6.42 Å². The first-order valence-corrected chi connectivity index (χ1v) is 8.17. The van der Waals surface area contributed by atoms with Crippen LogP contribution < -0.4 is 5.32 Å². The molecule has 0 spiro atoms. The van der Waals surface area contributed by atoms with E-state index in [1.165, 1.54) is 10.5 Å². The van der Waals surface area contributed by atoms with Crippen molar-refractivity contribution in [1.29, 1.82) is 0 Å². The molecule has 3 heteroatoms. The van der Waals surface area contributed by atoms with E-state index in [0.717, 1.165) is 11.3 Å². The number of benzene rings is 2. The van der Waals surface area contributed by atoms with Gasteiger partial charge in [-0.05, 0) is 31.5 Å². The van der Waals surface area contributed by atoms with Crippen LogP contribution in [0.5, 0.6) is 0 Å². The van der Waals surface area contributed by atoms with Crippen LogP contribution >= 0.6 is 11.8 Å². The minimum atomic E-state index is 0.0554. The van der Waals surface area contributed by atoms with Crippen LogP contribution in [0.25, 0.3) is 0 Å². The second kappa shape index (κ2) is 7.89. The van der Waals surface area contributed by atoms with Gasteiger partial charge in [0.15, 0.2) is 0 Å². The third-order valence-electron chi connectivity index (χ3n) is 3.30. The molecule has 0 saturated heterocycles. The SMILES string of the molecule is Cc1ccc([C@H](C)NC(=O)CCSc2ccccc2)cc1. The molecule has 0 aliphatic rings. The first kappa shape index (κ1) is 15.6. The Kier molecular flexibility index (Phi) is 5.88. The third-order valence-corrected chi connectivity index (χ3v) is 4.31. The molecule has 1 amide bonds. The van der Waals surface area contributed by atoms with Crippen molar-refractivity contribution >= 4 is 17.7 Å². The van der Waals surface area contributed by atoms with Crippen molar-refractivity contribution in [3.63, 3.8) is 0 Å². The Morgan fingerprint density at radius 2 is 1.76 bits per heavy atom. The zero-order valence-corrected chi connectivity index (χ0v) is 13.3. The van der Waals surface area contributed by atoms with E-state index >= 15 is 0 Å². The van der Waals surface area contributed by atoms with Gasteiger partial charge < -0.3 is 5.32 Å². The number of thioether (sulfide) groups is 1. The lowest BCUT2D eigenvalue weighted by Crippen LogP contribution is -2.26. The number of nitrogens with one attached hydrogen (secondary N) is 1. The maximum Gasteiger partial charge on any atom is 0.221 e. The fourth-order valence-corrected chi connectivity index (χ4v) is 2.90. The quantitative estimate of drug-likeness (QED) is 0.803. The van der Waals surface area contributed by atoms with Gasteiger partial charge in [-0.1, -0.05) is 48.0 Å². The molecule has 1 N–H and O–H groups in total. The Balaban J connectivity index is 1.75. The van der Waals surface area contributed by atoms with Crippen molar-refractivity contribution in [1.82, 2.24) is 5.32 Å². The van der Waals surface area contributed by atoms with Crippen molar-refractivity contribution in [2.24, 2.45) is 0 Å². The number of hydrogen-bond acceptors (Lipinski definition) is 2. The molecule has 1 atom stereocenters. The molecule has 0 heterocycles. The Morgan fingerprint density at radius 3 is 2.43 bits per heavy atom. The summed E-state index contributed by atoms with van der Waals surface area (Å²) in [5, 5.41) is 3.05. The maximum absolute atomic E-state index is 12.0. The van der Waals surface area contributed by atoms with Crippen LogP contribution in [0.4, 0.5) is 0 Å². The lowest BCUT2D eigenvalue weighted by molar-refractivity contribution is -0.121. The average Bonchev–Trinajstić information content (AvgIpc) is 2.49. The first-order valence-electron chi connectivity index (χ1n) is 7.19. The third kappa shape index (κ3) is 5.27. The Bertz CT molecular complexity index is 566. The van der Waals surface area contributed by atoms with E-state index in [2.05, 4.69) is 48.6 Å². The minimum Gasteiger partial charge on any atom is -0.350 e. The monoisotopic (exact) mass is 299 g/mol. The summed E-state index contributed by atoms with van der Waals surface area (Å²) in [7, 11) is 0. The largest absolute Gasteiger partial charge is 0.350 e. The molecule has 0 saturated carbocycles. The van der Waals surface area contributed by atoms with E-state index in [1.807, 2.05) is 25.1 Å². The molecule has 0 unspecified atom stereocenters. The van der Waals surface area contributed by atoms with Crippen LogP contribution in [0.3, 0.4) is 0 Å². The fourth-order valence-electron chi connectivity index (χ4n) is 2.03. The van der Waals surface area contributed by atoms with Gasteiger partial charge in [-0.2, -0.15) is 0 Å². The van der Waals surface area contributed by atoms with E-state index in [1.54, 1.807) is 11.8 Å². The summed E-state index contributed by atoms with van der Waals surface area (Å²) in [5.41, 5.74) is 2.38. The Labute approximate surface area is 131 Å². The predicted octanol–water partition coefficient (Wildman–Crippen LogP) is 4.35. The predicted molar refractivity (Wildman–Crippen MR) is 89.5 cm³/mol. The number of aryl methyl sites for hydroxylation is 1. The zero-order valence-electron chi connectivity index (χ0n) is 12.5. The van der Waals surface area contributed by atoms with Gasteiger partial charge in [0, 0.05) is 17.1 Å². The normalized spacial score (nSPS) is 11.9.